The highest BCUT2D eigenvalue weighted by Gasteiger charge is 2.29. The molecule has 0 radical (unpaired) electrons. The molecular formula is C8H11N3OS. The van der Waals surface area contributed by atoms with Gasteiger partial charge in [-0.2, -0.15) is 0 Å². The molecule has 13 heavy (non-hydrogen) atoms. The zero-order valence-electron chi connectivity index (χ0n) is 7.41. The summed E-state index contributed by atoms with van der Waals surface area (Å²) in [6.07, 6.45) is 2.09. The number of aromatic nitrogens is 2. The normalized spacial score (nSPS) is 15.8. The Balaban J connectivity index is 1.81. The smallest absolute Gasteiger partial charge is 0.223 e. The molecular weight excluding hydrogens is 186 g/mol. The topological polar surface area (TPSA) is 54.9 Å². The van der Waals surface area contributed by atoms with Crippen LogP contribution in [0.4, 0.5) is 0 Å². The second kappa shape index (κ2) is 3.41. The van der Waals surface area contributed by atoms with Crippen LogP contribution in [0.3, 0.4) is 0 Å². The zero-order chi connectivity index (χ0) is 9.26. The Bertz CT molecular complexity index is 319. The molecule has 1 aliphatic rings. The first-order chi connectivity index (χ1) is 6.25. The highest BCUT2D eigenvalue weighted by atomic mass is 32.1. The van der Waals surface area contributed by atoms with Crippen LogP contribution in [0.2, 0.25) is 0 Å². The first kappa shape index (κ1) is 8.62. The molecule has 1 aromatic heterocycles. The fraction of sp³-hybridized carbons (Fsp3) is 0.625. The van der Waals surface area contributed by atoms with E-state index < -0.39 is 0 Å². The Morgan fingerprint density at radius 3 is 2.92 bits per heavy atom. The molecule has 0 atom stereocenters. The predicted octanol–water partition coefficient (Wildman–Crippen LogP) is 0.873. The Hall–Kier alpha value is -0.970. The van der Waals surface area contributed by atoms with Gasteiger partial charge in [-0.05, 0) is 19.8 Å². The summed E-state index contributed by atoms with van der Waals surface area (Å²) < 4.78 is 0. The van der Waals surface area contributed by atoms with Gasteiger partial charge in [-0.1, -0.05) is 11.3 Å². The fourth-order valence-corrected chi connectivity index (χ4v) is 1.71. The Morgan fingerprint density at radius 2 is 2.38 bits per heavy atom. The van der Waals surface area contributed by atoms with E-state index in [1.54, 1.807) is 0 Å². The highest BCUT2D eigenvalue weighted by Crippen LogP contribution is 2.28. The van der Waals surface area contributed by atoms with Crippen LogP contribution in [0, 0.1) is 12.8 Å². The molecule has 1 N–H and O–H groups in total. The molecule has 1 aromatic rings. The summed E-state index contributed by atoms with van der Waals surface area (Å²) in [6.45, 7) is 2.44. The van der Waals surface area contributed by atoms with Crippen LogP contribution in [-0.2, 0) is 11.3 Å². The minimum absolute atomic E-state index is 0.160. The van der Waals surface area contributed by atoms with Gasteiger partial charge in [0.05, 0.1) is 6.54 Å². The lowest BCUT2D eigenvalue weighted by Crippen LogP contribution is -2.24. The van der Waals surface area contributed by atoms with Gasteiger partial charge in [0.2, 0.25) is 5.91 Å². The molecule has 1 aliphatic carbocycles. The number of hydrogen-bond acceptors (Lipinski definition) is 4. The number of nitrogens with zero attached hydrogens (tertiary/aromatic N) is 2. The van der Waals surface area contributed by atoms with Crippen molar-refractivity contribution in [1.82, 2.24) is 15.5 Å². The molecule has 0 saturated heterocycles. The monoisotopic (exact) mass is 197 g/mol. The highest BCUT2D eigenvalue weighted by molar-refractivity contribution is 7.11. The lowest BCUT2D eigenvalue weighted by atomic mass is 10.4. The minimum Gasteiger partial charge on any atom is -0.349 e. The van der Waals surface area contributed by atoms with E-state index in [0.29, 0.717) is 6.54 Å². The molecule has 0 spiro atoms. The largest absolute Gasteiger partial charge is 0.349 e. The van der Waals surface area contributed by atoms with Crippen LogP contribution in [-0.4, -0.2) is 16.1 Å². The van der Waals surface area contributed by atoms with E-state index in [2.05, 4.69) is 15.5 Å². The minimum atomic E-state index is 0.160. The number of carbonyl (C=O) groups is 1. The maximum atomic E-state index is 11.2. The summed E-state index contributed by atoms with van der Waals surface area (Å²) in [5.41, 5.74) is 0. The molecule has 0 unspecified atom stereocenters. The lowest BCUT2D eigenvalue weighted by Gasteiger charge is -1.98. The second-order valence-electron chi connectivity index (χ2n) is 3.21. The lowest BCUT2D eigenvalue weighted by molar-refractivity contribution is -0.122. The molecule has 5 heteroatoms. The van der Waals surface area contributed by atoms with Crippen LogP contribution < -0.4 is 5.32 Å². The molecule has 1 heterocycles. The third-order valence-electron chi connectivity index (χ3n) is 1.93. The van der Waals surface area contributed by atoms with Crippen molar-refractivity contribution in [3.8, 4) is 0 Å². The molecule has 0 bridgehead atoms. The average Bonchev–Trinajstić information content (AvgIpc) is 2.87. The molecule has 0 aliphatic heterocycles. The molecule has 4 nitrogen and oxygen atoms in total. The number of hydrogen-bond donors (Lipinski definition) is 1. The molecule has 1 saturated carbocycles. The number of nitrogens with one attached hydrogen (secondary N) is 1. The van der Waals surface area contributed by atoms with Crippen LogP contribution in [0.5, 0.6) is 0 Å². The Morgan fingerprint density at radius 1 is 1.62 bits per heavy atom. The van der Waals surface area contributed by atoms with E-state index in [1.165, 1.54) is 11.3 Å². The summed E-state index contributed by atoms with van der Waals surface area (Å²) in [5.74, 6) is 0.432. The van der Waals surface area contributed by atoms with Crippen molar-refractivity contribution < 1.29 is 4.79 Å². The van der Waals surface area contributed by atoms with E-state index in [9.17, 15) is 4.79 Å². The summed E-state index contributed by atoms with van der Waals surface area (Å²) >= 11 is 1.52. The number of aryl methyl sites for hydroxylation is 1. The van der Waals surface area contributed by atoms with Crippen molar-refractivity contribution in [2.24, 2.45) is 5.92 Å². The van der Waals surface area contributed by atoms with Crippen molar-refractivity contribution in [3.05, 3.63) is 10.0 Å². The SMILES string of the molecule is Cc1nnc(CNC(=O)C2CC2)s1. The predicted molar refractivity (Wildman–Crippen MR) is 49.2 cm³/mol. The van der Waals surface area contributed by atoms with Gasteiger partial charge in [0.15, 0.2) is 0 Å². The van der Waals surface area contributed by atoms with Crippen molar-refractivity contribution in [2.75, 3.05) is 0 Å². The summed E-state index contributed by atoms with van der Waals surface area (Å²) in [4.78, 5) is 11.2. The van der Waals surface area contributed by atoms with Gasteiger partial charge in [0, 0.05) is 5.92 Å². The van der Waals surface area contributed by atoms with Crippen LogP contribution in [0.15, 0.2) is 0 Å². The van der Waals surface area contributed by atoms with E-state index in [4.69, 9.17) is 0 Å². The fourth-order valence-electron chi connectivity index (χ4n) is 1.06. The summed E-state index contributed by atoms with van der Waals surface area (Å²) in [6, 6.07) is 0. The Kier molecular flexibility index (Phi) is 2.26. The molecule has 1 amide bonds. The average molecular weight is 197 g/mol. The van der Waals surface area contributed by atoms with E-state index in [1.807, 2.05) is 6.92 Å². The van der Waals surface area contributed by atoms with Gasteiger partial charge in [-0.3, -0.25) is 4.79 Å². The third-order valence-corrected chi connectivity index (χ3v) is 2.77. The molecule has 1 fully saturated rings. The summed E-state index contributed by atoms with van der Waals surface area (Å²) in [7, 11) is 0. The number of rotatable bonds is 3. The van der Waals surface area contributed by atoms with Gasteiger partial charge in [0.25, 0.3) is 0 Å². The molecule has 0 aromatic carbocycles. The van der Waals surface area contributed by atoms with Crippen molar-refractivity contribution >= 4 is 17.2 Å². The van der Waals surface area contributed by atoms with Crippen molar-refractivity contribution in [2.45, 2.75) is 26.3 Å². The third kappa shape index (κ3) is 2.24. The maximum absolute atomic E-state index is 11.2. The van der Waals surface area contributed by atoms with Crippen molar-refractivity contribution in [3.63, 3.8) is 0 Å². The van der Waals surface area contributed by atoms with Gasteiger partial charge in [-0.15, -0.1) is 10.2 Å². The van der Waals surface area contributed by atoms with Crippen molar-refractivity contribution in [1.29, 1.82) is 0 Å². The van der Waals surface area contributed by atoms with Gasteiger partial charge in [-0.25, -0.2) is 0 Å². The zero-order valence-corrected chi connectivity index (χ0v) is 8.23. The second-order valence-corrected chi connectivity index (χ2v) is 4.47. The number of carbonyl (C=O) groups excluding carboxylic acids is 1. The van der Waals surface area contributed by atoms with Crippen LogP contribution >= 0.6 is 11.3 Å². The Labute approximate surface area is 80.4 Å². The van der Waals surface area contributed by atoms with Crippen LogP contribution in [0.1, 0.15) is 22.9 Å². The van der Waals surface area contributed by atoms with Gasteiger partial charge < -0.3 is 5.32 Å². The van der Waals surface area contributed by atoms with E-state index in [0.717, 1.165) is 22.9 Å². The van der Waals surface area contributed by atoms with E-state index >= 15 is 0 Å². The van der Waals surface area contributed by atoms with Crippen LogP contribution in [0.25, 0.3) is 0 Å². The standard InChI is InChI=1S/C8H11N3OS/c1-5-10-11-7(13-5)4-9-8(12)6-2-3-6/h6H,2-4H2,1H3,(H,9,12). The van der Waals surface area contributed by atoms with Gasteiger partial charge in [0.1, 0.15) is 10.0 Å². The van der Waals surface area contributed by atoms with E-state index in [-0.39, 0.29) is 11.8 Å². The quantitative estimate of drug-likeness (QED) is 0.782. The first-order valence-corrected chi connectivity index (χ1v) is 5.14. The van der Waals surface area contributed by atoms with Gasteiger partial charge >= 0.3 is 0 Å². The maximum Gasteiger partial charge on any atom is 0.223 e. The first-order valence-electron chi connectivity index (χ1n) is 4.32. The molecule has 2 rings (SSSR count). The number of amides is 1. The molecule has 70 valence electrons. The summed E-state index contributed by atoms with van der Waals surface area (Å²) in [5, 5.41) is 12.5.